The van der Waals surface area contributed by atoms with Gasteiger partial charge in [-0.05, 0) is 64.2 Å². The highest BCUT2D eigenvalue weighted by atomic mass is 16.5. The lowest BCUT2D eigenvalue weighted by atomic mass is 10.0. The third-order valence-electron chi connectivity index (χ3n) is 8.99. The molecule has 0 rings (SSSR count). The molecule has 0 aromatic carbocycles. The molecule has 0 aliphatic rings. The normalized spacial score (nSPS) is 12.2. The minimum atomic E-state index is -0.700. The minimum Gasteiger partial charge on any atom is -0.481 e. The number of unbranched alkanes of at least 4 members (excludes halogenated alkanes) is 25. The molecule has 4 nitrogen and oxygen atoms in total. The van der Waals surface area contributed by atoms with Crippen molar-refractivity contribution in [3.8, 4) is 0 Å². The number of carbonyl (C=O) groups is 2. The summed E-state index contributed by atoms with van der Waals surface area (Å²) in [6, 6.07) is 0. The summed E-state index contributed by atoms with van der Waals surface area (Å²) in [6.07, 6.45) is 43.9. The third-order valence-corrected chi connectivity index (χ3v) is 8.99. The van der Waals surface area contributed by atoms with E-state index in [2.05, 4.69) is 26.0 Å². The summed E-state index contributed by atoms with van der Waals surface area (Å²) < 4.78 is 5.94. The standard InChI is InChI=1S/C40H76O4/c1-3-5-7-9-10-11-12-13-14-15-16-17-18-19-20-21-22-23-24-29-33-37-40(43)44-38(34-30-26-8-6-4-2)35-31-27-25-28-32-36-39(41)42/h13-14,38H,3-12,15-37H2,1-2H3,(H,41,42)/b14-13-. The maximum atomic E-state index is 12.5. The zero-order valence-electron chi connectivity index (χ0n) is 29.7. The first kappa shape index (κ1) is 42.7. The van der Waals surface area contributed by atoms with Crippen molar-refractivity contribution in [2.45, 2.75) is 232 Å². The van der Waals surface area contributed by atoms with E-state index < -0.39 is 5.97 Å². The van der Waals surface area contributed by atoms with Crippen LogP contribution in [-0.4, -0.2) is 23.1 Å². The van der Waals surface area contributed by atoms with Crippen molar-refractivity contribution in [3.05, 3.63) is 12.2 Å². The quantitative estimate of drug-likeness (QED) is 0.0430. The smallest absolute Gasteiger partial charge is 0.306 e. The van der Waals surface area contributed by atoms with Gasteiger partial charge in [-0.2, -0.15) is 0 Å². The number of esters is 1. The molecule has 1 unspecified atom stereocenters. The first-order valence-electron chi connectivity index (χ1n) is 19.7. The fraction of sp³-hybridized carbons (Fsp3) is 0.900. The first-order chi connectivity index (χ1) is 21.6. The molecule has 0 aromatic heterocycles. The fourth-order valence-corrected chi connectivity index (χ4v) is 6.06. The van der Waals surface area contributed by atoms with E-state index in [1.807, 2.05) is 0 Å². The van der Waals surface area contributed by atoms with Crippen LogP contribution in [0.2, 0.25) is 0 Å². The van der Waals surface area contributed by atoms with Crippen LogP contribution in [0.1, 0.15) is 226 Å². The summed E-state index contributed by atoms with van der Waals surface area (Å²) >= 11 is 0. The molecule has 0 fully saturated rings. The molecule has 4 heteroatoms. The molecule has 0 aliphatic carbocycles. The van der Waals surface area contributed by atoms with Crippen LogP contribution in [0, 0.1) is 0 Å². The number of carbonyl (C=O) groups excluding carboxylic acids is 1. The topological polar surface area (TPSA) is 63.6 Å². The van der Waals surface area contributed by atoms with Gasteiger partial charge in [0.2, 0.25) is 0 Å². The summed E-state index contributed by atoms with van der Waals surface area (Å²) in [5.41, 5.74) is 0. The Morgan fingerprint density at radius 3 is 1.23 bits per heavy atom. The van der Waals surface area contributed by atoms with Gasteiger partial charge in [-0.15, -0.1) is 0 Å². The van der Waals surface area contributed by atoms with Gasteiger partial charge in [-0.3, -0.25) is 9.59 Å². The predicted molar refractivity (Wildman–Crippen MR) is 190 cm³/mol. The molecule has 0 bridgehead atoms. The van der Waals surface area contributed by atoms with Gasteiger partial charge in [0, 0.05) is 12.8 Å². The lowest BCUT2D eigenvalue weighted by Crippen LogP contribution is -2.18. The van der Waals surface area contributed by atoms with Gasteiger partial charge in [0.15, 0.2) is 0 Å². The molecule has 0 radical (unpaired) electrons. The van der Waals surface area contributed by atoms with Crippen LogP contribution < -0.4 is 0 Å². The average molecular weight is 621 g/mol. The Labute approximate surface area is 275 Å². The predicted octanol–water partition coefficient (Wildman–Crippen LogP) is 13.5. The summed E-state index contributed by atoms with van der Waals surface area (Å²) in [6.45, 7) is 4.52. The molecule has 0 aliphatic heterocycles. The highest BCUT2D eigenvalue weighted by molar-refractivity contribution is 5.69. The molecule has 0 heterocycles. The van der Waals surface area contributed by atoms with Gasteiger partial charge in [0.25, 0.3) is 0 Å². The zero-order chi connectivity index (χ0) is 32.2. The van der Waals surface area contributed by atoms with E-state index in [0.717, 1.165) is 64.2 Å². The number of aliphatic carboxylic acids is 1. The molecule has 1 atom stereocenters. The van der Waals surface area contributed by atoms with E-state index in [0.29, 0.717) is 6.42 Å². The van der Waals surface area contributed by atoms with Crippen LogP contribution in [-0.2, 0) is 14.3 Å². The highest BCUT2D eigenvalue weighted by Gasteiger charge is 2.14. The summed E-state index contributed by atoms with van der Waals surface area (Å²) in [4.78, 5) is 23.2. The molecule has 44 heavy (non-hydrogen) atoms. The lowest BCUT2D eigenvalue weighted by Gasteiger charge is -2.18. The summed E-state index contributed by atoms with van der Waals surface area (Å²) in [7, 11) is 0. The van der Waals surface area contributed by atoms with Crippen molar-refractivity contribution < 1.29 is 19.4 Å². The number of ether oxygens (including phenoxy) is 1. The van der Waals surface area contributed by atoms with Crippen LogP contribution in [0.25, 0.3) is 0 Å². The Morgan fingerprint density at radius 1 is 0.477 bits per heavy atom. The molecular formula is C40H76O4. The van der Waals surface area contributed by atoms with Crippen LogP contribution in [0.3, 0.4) is 0 Å². The monoisotopic (exact) mass is 621 g/mol. The van der Waals surface area contributed by atoms with E-state index in [9.17, 15) is 9.59 Å². The second kappa shape index (κ2) is 36.2. The largest absolute Gasteiger partial charge is 0.481 e. The van der Waals surface area contributed by atoms with Crippen LogP contribution in [0.5, 0.6) is 0 Å². The van der Waals surface area contributed by atoms with Crippen molar-refractivity contribution in [2.75, 3.05) is 0 Å². The number of hydrogen-bond acceptors (Lipinski definition) is 3. The van der Waals surface area contributed by atoms with Gasteiger partial charge in [0.1, 0.15) is 6.10 Å². The van der Waals surface area contributed by atoms with Crippen molar-refractivity contribution in [3.63, 3.8) is 0 Å². The van der Waals surface area contributed by atoms with Gasteiger partial charge in [0.05, 0.1) is 0 Å². The molecule has 0 amide bonds. The highest BCUT2D eigenvalue weighted by Crippen LogP contribution is 2.18. The average Bonchev–Trinajstić information content (AvgIpc) is 3.00. The SMILES string of the molecule is CCCCCCCC/C=C\CCCCCCCCCCCCCC(=O)OC(CCCCCCC)CCCCCCCC(=O)O. The van der Waals surface area contributed by atoms with E-state index in [1.54, 1.807) is 0 Å². The Hall–Kier alpha value is -1.32. The summed E-state index contributed by atoms with van der Waals surface area (Å²) in [5, 5.41) is 8.77. The number of hydrogen-bond donors (Lipinski definition) is 1. The second-order valence-corrected chi connectivity index (χ2v) is 13.5. The molecule has 0 saturated heterocycles. The van der Waals surface area contributed by atoms with Gasteiger partial charge in [-0.25, -0.2) is 0 Å². The lowest BCUT2D eigenvalue weighted by molar-refractivity contribution is -0.150. The van der Waals surface area contributed by atoms with E-state index in [1.165, 1.54) is 135 Å². The van der Waals surface area contributed by atoms with E-state index >= 15 is 0 Å². The van der Waals surface area contributed by atoms with Crippen LogP contribution in [0.15, 0.2) is 12.2 Å². The maximum Gasteiger partial charge on any atom is 0.306 e. The van der Waals surface area contributed by atoms with Crippen LogP contribution in [0.4, 0.5) is 0 Å². The second-order valence-electron chi connectivity index (χ2n) is 13.5. The van der Waals surface area contributed by atoms with Crippen molar-refractivity contribution in [1.82, 2.24) is 0 Å². The zero-order valence-corrected chi connectivity index (χ0v) is 29.7. The molecule has 0 spiro atoms. The van der Waals surface area contributed by atoms with Gasteiger partial charge < -0.3 is 9.84 Å². The van der Waals surface area contributed by atoms with Crippen LogP contribution >= 0.6 is 0 Å². The maximum absolute atomic E-state index is 12.5. The molecule has 1 N–H and O–H groups in total. The van der Waals surface area contributed by atoms with Crippen molar-refractivity contribution in [2.24, 2.45) is 0 Å². The van der Waals surface area contributed by atoms with Crippen molar-refractivity contribution in [1.29, 1.82) is 0 Å². The molecule has 0 aromatic rings. The van der Waals surface area contributed by atoms with Gasteiger partial charge in [-0.1, -0.05) is 161 Å². The molecule has 260 valence electrons. The molecular weight excluding hydrogens is 544 g/mol. The third kappa shape index (κ3) is 35.2. The Balaban J connectivity index is 3.70. The number of carboxylic acids is 1. The Morgan fingerprint density at radius 2 is 0.818 bits per heavy atom. The first-order valence-corrected chi connectivity index (χ1v) is 19.7. The Kier molecular flexibility index (Phi) is 35.1. The van der Waals surface area contributed by atoms with E-state index in [-0.39, 0.29) is 18.5 Å². The fourth-order valence-electron chi connectivity index (χ4n) is 6.06. The molecule has 0 saturated carbocycles. The summed E-state index contributed by atoms with van der Waals surface area (Å²) in [5.74, 6) is -0.702. The van der Waals surface area contributed by atoms with Crippen molar-refractivity contribution >= 4 is 11.9 Å². The number of allylic oxidation sites excluding steroid dienone is 2. The Bertz CT molecular complexity index is 629. The number of carboxylic acid groups (broad SMARTS) is 1. The minimum absolute atomic E-state index is 0.00156. The van der Waals surface area contributed by atoms with E-state index in [4.69, 9.17) is 9.84 Å². The van der Waals surface area contributed by atoms with Gasteiger partial charge >= 0.3 is 11.9 Å². The number of rotatable bonds is 36.